The van der Waals surface area contributed by atoms with Gasteiger partial charge in [0, 0.05) is 19.4 Å². The summed E-state index contributed by atoms with van der Waals surface area (Å²) in [6.45, 7) is 4.38. The molecule has 0 spiro atoms. The lowest BCUT2D eigenvalue weighted by Crippen LogP contribution is -2.33. The van der Waals surface area contributed by atoms with Crippen molar-refractivity contribution >= 4 is 17.6 Å². The van der Waals surface area contributed by atoms with E-state index in [0.717, 1.165) is 19.3 Å². The fourth-order valence-electron chi connectivity index (χ4n) is 3.36. The number of fused-ring (bicyclic) bond motifs is 1. The van der Waals surface area contributed by atoms with Crippen molar-refractivity contribution in [3.63, 3.8) is 0 Å². The van der Waals surface area contributed by atoms with Gasteiger partial charge in [0.05, 0.1) is 11.8 Å². The average Bonchev–Trinajstić information content (AvgIpc) is 2.93. The molecule has 0 aromatic carbocycles. The third-order valence-corrected chi connectivity index (χ3v) is 4.64. The Bertz CT molecular complexity index is 367. The number of Topliss-reactive ketones (excluding diaryl/α,β-unsaturated/α-hetero) is 1. The molecule has 1 saturated carbocycles. The fourth-order valence-corrected chi connectivity index (χ4v) is 3.36. The number of hydrogen-bond donors (Lipinski definition) is 0. The Morgan fingerprint density at radius 2 is 1.74 bits per heavy atom. The van der Waals surface area contributed by atoms with Crippen LogP contribution in [0.5, 0.6) is 0 Å². The van der Waals surface area contributed by atoms with Crippen molar-refractivity contribution in [2.24, 2.45) is 17.8 Å². The van der Waals surface area contributed by atoms with Crippen molar-refractivity contribution in [1.29, 1.82) is 0 Å². The van der Waals surface area contributed by atoms with E-state index in [9.17, 15) is 14.4 Å². The first-order valence-corrected chi connectivity index (χ1v) is 7.45. The van der Waals surface area contributed by atoms with Crippen molar-refractivity contribution in [3.05, 3.63) is 0 Å². The topological polar surface area (TPSA) is 54.5 Å². The summed E-state index contributed by atoms with van der Waals surface area (Å²) in [6, 6.07) is 0. The van der Waals surface area contributed by atoms with E-state index in [1.54, 1.807) is 0 Å². The van der Waals surface area contributed by atoms with Crippen LogP contribution in [0.1, 0.15) is 52.4 Å². The highest BCUT2D eigenvalue weighted by atomic mass is 16.2. The van der Waals surface area contributed by atoms with Crippen LogP contribution in [0, 0.1) is 17.8 Å². The summed E-state index contributed by atoms with van der Waals surface area (Å²) < 4.78 is 0. The van der Waals surface area contributed by atoms with Gasteiger partial charge in [0.2, 0.25) is 11.8 Å². The van der Waals surface area contributed by atoms with E-state index in [2.05, 4.69) is 6.92 Å². The minimum Gasteiger partial charge on any atom is -0.300 e. The van der Waals surface area contributed by atoms with Crippen LogP contribution in [0.15, 0.2) is 0 Å². The molecule has 1 aliphatic carbocycles. The van der Waals surface area contributed by atoms with E-state index in [0.29, 0.717) is 31.7 Å². The molecule has 0 N–H and O–H groups in total. The van der Waals surface area contributed by atoms with Gasteiger partial charge in [-0.1, -0.05) is 20.3 Å². The van der Waals surface area contributed by atoms with Gasteiger partial charge in [0.25, 0.3) is 0 Å². The Labute approximate surface area is 114 Å². The maximum atomic E-state index is 12.2. The zero-order valence-electron chi connectivity index (χ0n) is 11.9. The molecular formula is C15H23NO3. The predicted octanol–water partition coefficient (Wildman–Crippen LogP) is 2.17. The van der Waals surface area contributed by atoms with Crippen LogP contribution in [-0.4, -0.2) is 29.0 Å². The Kier molecular flexibility index (Phi) is 4.38. The second-order valence-electron chi connectivity index (χ2n) is 5.78. The molecule has 0 aromatic rings. The lowest BCUT2D eigenvalue weighted by atomic mass is 10.00. The molecule has 2 atom stereocenters. The molecule has 4 nitrogen and oxygen atoms in total. The zero-order valence-corrected chi connectivity index (χ0v) is 11.9. The van der Waals surface area contributed by atoms with Crippen LogP contribution < -0.4 is 0 Å². The van der Waals surface area contributed by atoms with Crippen molar-refractivity contribution in [2.45, 2.75) is 52.4 Å². The monoisotopic (exact) mass is 265 g/mol. The first kappa shape index (κ1) is 14.2. The molecule has 2 unspecified atom stereocenters. The molecule has 106 valence electrons. The molecule has 2 fully saturated rings. The first-order chi connectivity index (χ1) is 9.08. The lowest BCUT2D eigenvalue weighted by molar-refractivity contribution is -0.141. The van der Waals surface area contributed by atoms with E-state index in [4.69, 9.17) is 0 Å². The molecule has 2 amide bonds. The summed E-state index contributed by atoms with van der Waals surface area (Å²) in [7, 11) is 0. The Hall–Kier alpha value is -1.19. The normalized spacial score (nSPS) is 30.0. The van der Waals surface area contributed by atoms with E-state index in [-0.39, 0.29) is 29.4 Å². The van der Waals surface area contributed by atoms with Gasteiger partial charge in [-0.05, 0) is 25.2 Å². The second kappa shape index (κ2) is 5.85. The Morgan fingerprint density at radius 1 is 1.16 bits per heavy atom. The highest BCUT2D eigenvalue weighted by molar-refractivity contribution is 6.05. The van der Waals surface area contributed by atoms with E-state index < -0.39 is 0 Å². The van der Waals surface area contributed by atoms with Crippen molar-refractivity contribution in [2.75, 3.05) is 6.54 Å². The molecule has 1 heterocycles. The van der Waals surface area contributed by atoms with Crippen LogP contribution in [-0.2, 0) is 14.4 Å². The van der Waals surface area contributed by atoms with Crippen LogP contribution >= 0.6 is 0 Å². The Morgan fingerprint density at radius 3 is 2.21 bits per heavy atom. The van der Waals surface area contributed by atoms with Gasteiger partial charge in [-0.15, -0.1) is 0 Å². The number of ketones is 1. The number of nitrogens with zero attached hydrogens (tertiary/aromatic N) is 1. The molecule has 2 aliphatic rings. The number of carbonyl (C=O) groups excluding carboxylic acids is 3. The van der Waals surface area contributed by atoms with Gasteiger partial charge < -0.3 is 0 Å². The maximum absolute atomic E-state index is 12.2. The quantitative estimate of drug-likeness (QED) is 0.692. The smallest absolute Gasteiger partial charge is 0.233 e. The van der Waals surface area contributed by atoms with E-state index in [1.165, 1.54) is 4.90 Å². The molecule has 0 bridgehead atoms. The van der Waals surface area contributed by atoms with E-state index >= 15 is 0 Å². The summed E-state index contributed by atoms with van der Waals surface area (Å²) >= 11 is 0. The van der Waals surface area contributed by atoms with Gasteiger partial charge in [0.15, 0.2) is 0 Å². The average molecular weight is 265 g/mol. The molecule has 1 saturated heterocycles. The van der Waals surface area contributed by atoms with Gasteiger partial charge in [-0.25, -0.2) is 0 Å². The first-order valence-electron chi connectivity index (χ1n) is 7.45. The third kappa shape index (κ3) is 2.72. The number of amides is 2. The van der Waals surface area contributed by atoms with Gasteiger partial charge in [0.1, 0.15) is 5.78 Å². The summed E-state index contributed by atoms with van der Waals surface area (Å²) in [6.07, 6.45) is 4.41. The highest BCUT2D eigenvalue weighted by Gasteiger charge is 2.51. The summed E-state index contributed by atoms with van der Waals surface area (Å²) in [4.78, 5) is 37.1. The molecule has 1 aliphatic heterocycles. The van der Waals surface area contributed by atoms with Gasteiger partial charge >= 0.3 is 0 Å². The minimum atomic E-state index is -0.0701. The third-order valence-electron chi connectivity index (χ3n) is 4.64. The van der Waals surface area contributed by atoms with Crippen molar-refractivity contribution < 1.29 is 14.4 Å². The number of imide groups is 1. The highest BCUT2D eigenvalue weighted by Crippen LogP contribution is 2.44. The van der Waals surface area contributed by atoms with Crippen molar-refractivity contribution in [1.82, 2.24) is 4.90 Å². The van der Waals surface area contributed by atoms with Crippen LogP contribution in [0.3, 0.4) is 0 Å². The molecular weight excluding hydrogens is 242 g/mol. The lowest BCUT2D eigenvalue weighted by Gasteiger charge is -2.17. The standard InChI is InChI=1S/C15H23NO3/c1-3-10-8-12-13(9-10)15(19)16(14(12)18)7-5-6-11(17)4-2/h10,12-13H,3-9H2,1-2H3. The summed E-state index contributed by atoms with van der Waals surface area (Å²) in [5, 5.41) is 0. The van der Waals surface area contributed by atoms with Crippen molar-refractivity contribution in [3.8, 4) is 0 Å². The Balaban J connectivity index is 1.89. The van der Waals surface area contributed by atoms with E-state index in [1.807, 2.05) is 6.92 Å². The molecule has 0 radical (unpaired) electrons. The number of rotatable bonds is 6. The molecule has 19 heavy (non-hydrogen) atoms. The summed E-state index contributed by atoms with van der Waals surface area (Å²) in [5.41, 5.74) is 0. The molecule has 0 aromatic heterocycles. The number of hydrogen-bond acceptors (Lipinski definition) is 3. The maximum Gasteiger partial charge on any atom is 0.233 e. The minimum absolute atomic E-state index is 0.00916. The number of likely N-dealkylation sites (tertiary alicyclic amines) is 1. The van der Waals surface area contributed by atoms with Gasteiger partial charge in [-0.3, -0.25) is 19.3 Å². The predicted molar refractivity (Wildman–Crippen MR) is 71.2 cm³/mol. The fraction of sp³-hybridized carbons (Fsp3) is 0.800. The zero-order chi connectivity index (χ0) is 14.0. The van der Waals surface area contributed by atoms with Crippen LogP contribution in [0.2, 0.25) is 0 Å². The van der Waals surface area contributed by atoms with Gasteiger partial charge in [-0.2, -0.15) is 0 Å². The second-order valence-corrected chi connectivity index (χ2v) is 5.78. The summed E-state index contributed by atoms with van der Waals surface area (Å²) in [5.74, 6) is 0.612. The van der Waals surface area contributed by atoms with Crippen LogP contribution in [0.25, 0.3) is 0 Å². The largest absolute Gasteiger partial charge is 0.300 e. The SMILES string of the molecule is CCC(=O)CCCN1C(=O)C2CC(CC)CC2C1=O. The van der Waals surface area contributed by atoms with Crippen LogP contribution in [0.4, 0.5) is 0 Å². The molecule has 2 rings (SSSR count). The molecule has 4 heteroatoms. The number of carbonyl (C=O) groups is 3.